The van der Waals surface area contributed by atoms with Crippen LogP contribution in [0.25, 0.3) is 0 Å². The van der Waals surface area contributed by atoms with E-state index in [0.29, 0.717) is 19.0 Å². The molecule has 2 aromatic rings. The van der Waals surface area contributed by atoms with Gasteiger partial charge in [-0.2, -0.15) is 0 Å². The van der Waals surface area contributed by atoms with Crippen LogP contribution in [0.3, 0.4) is 0 Å². The maximum atomic E-state index is 9.32. The topological polar surface area (TPSA) is 50.7 Å². The maximum Gasteiger partial charge on any atom is 0.161 e. The molecule has 22 heavy (non-hydrogen) atoms. The number of aromatic hydroxyl groups is 1. The van der Waals surface area contributed by atoms with Crippen molar-refractivity contribution < 1.29 is 14.6 Å². The predicted molar refractivity (Wildman–Crippen MR) is 85.7 cm³/mol. The Bertz CT molecular complexity index is 625. The van der Waals surface area contributed by atoms with Crippen molar-refractivity contribution in [2.45, 2.75) is 19.4 Å². The van der Waals surface area contributed by atoms with Crippen molar-refractivity contribution in [1.82, 2.24) is 5.32 Å². The number of hydrogen-bond acceptors (Lipinski definition) is 4. The summed E-state index contributed by atoms with van der Waals surface area (Å²) in [4.78, 5) is 0. The first-order chi connectivity index (χ1) is 10.7. The van der Waals surface area contributed by atoms with Gasteiger partial charge in [0.15, 0.2) is 11.5 Å². The summed E-state index contributed by atoms with van der Waals surface area (Å²) in [5.74, 6) is 1.97. The van der Waals surface area contributed by atoms with Crippen LogP contribution in [0.2, 0.25) is 0 Å². The van der Waals surface area contributed by atoms with E-state index >= 15 is 0 Å². The predicted octanol–water partition coefficient (Wildman–Crippen LogP) is 3.06. The maximum absolute atomic E-state index is 9.32. The minimum atomic E-state index is 0.248. The molecule has 4 nitrogen and oxygen atoms in total. The Morgan fingerprint density at radius 1 is 1.05 bits per heavy atom. The van der Waals surface area contributed by atoms with Crippen LogP contribution < -0.4 is 14.8 Å². The average Bonchev–Trinajstić information content (AvgIpc) is 2.55. The standard InChI is InChI=1S/C18H21NO3/c1-13(15-3-5-16(20)6-4-15)19-9-8-14-2-7-17-18(12-14)22-11-10-21-17/h2-7,12-13,19-20H,8-11H2,1H3. The molecule has 0 spiro atoms. The summed E-state index contributed by atoms with van der Waals surface area (Å²) >= 11 is 0. The molecule has 0 aliphatic carbocycles. The van der Waals surface area contributed by atoms with E-state index < -0.39 is 0 Å². The highest BCUT2D eigenvalue weighted by atomic mass is 16.6. The molecule has 1 aliphatic rings. The van der Waals surface area contributed by atoms with Crippen LogP contribution in [0.4, 0.5) is 0 Å². The molecule has 0 fully saturated rings. The summed E-state index contributed by atoms with van der Waals surface area (Å²) in [6.07, 6.45) is 0.930. The number of phenols is 1. The van der Waals surface area contributed by atoms with E-state index in [4.69, 9.17) is 9.47 Å². The Labute approximate surface area is 130 Å². The SMILES string of the molecule is CC(NCCc1ccc2c(c1)OCCO2)c1ccc(O)cc1. The van der Waals surface area contributed by atoms with Crippen molar-refractivity contribution in [3.8, 4) is 17.2 Å². The first-order valence-corrected chi connectivity index (χ1v) is 7.63. The summed E-state index contributed by atoms with van der Waals surface area (Å²) < 4.78 is 11.1. The first kappa shape index (κ1) is 14.7. The number of fused-ring (bicyclic) bond motifs is 1. The molecule has 1 heterocycles. The van der Waals surface area contributed by atoms with E-state index in [9.17, 15) is 5.11 Å². The third-order valence-corrected chi connectivity index (χ3v) is 3.86. The largest absolute Gasteiger partial charge is 0.508 e. The monoisotopic (exact) mass is 299 g/mol. The molecule has 0 amide bonds. The molecule has 1 aliphatic heterocycles. The van der Waals surface area contributed by atoms with Gasteiger partial charge in [-0.1, -0.05) is 18.2 Å². The van der Waals surface area contributed by atoms with Gasteiger partial charge in [0.2, 0.25) is 0 Å². The van der Waals surface area contributed by atoms with Crippen molar-refractivity contribution in [2.75, 3.05) is 19.8 Å². The van der Waals surface area contributed by atoms with Gasteiger partial charge in [-0.05, 0) is 55.3 Å². The van der Waals surface area contributed by atoms with Gasteiger partial charge in [-0.3, -0.25) is 0 Å². The molecule has 3 rings (SSSR count). The molecule has 1 unspecified atom stereocenters. The zero-order chi connectivity index (χ0) is 15.4. The second-order valence-electron chi connectivity index (χ2n) is 5.50. The van der Waals surface area contributed by atoms with Gasteiger partial charge in [0.05, 0.1) is 0 Å². The number of ether oxygens (including phenoxy) is 2. The molecular weight excluding hydrogens is 278 g/mol. The highest BCUT2D eigenvalue weighted by Crippen LogP contribution is 2.30. The van der Waals surface area contributed by atoms with Crippen LogP contribution in [-0.4, -0.2) is 24.9 Å². The van der Waals surface area contributed by atoms with Gasteiger partial charge in [0.25, 0.3) is 0 Å². The van der Waals surface area contributed by atoms with Crippen molar-refractivity contribution in [2.24, 2.45) is 0 Å². The number of benzene rings is 2. The Morgan fingerprint density at radius 3 is 2.55 bits per heavy atom. The van der Waals surface area contributed by atoms with Crippen LogP contribution >= 0.6 is 0 Å². The number of rotatable bonds is 5. The molecule has 2 N–H and O–H groups in total. The van der Waals surface area contributed by atoms with E-state index in [1.54, 1.807) is 12.1 Å². The molecule has 0 radical (unpaired) electrons. The molecule has 4 heteroatoms. The van der Waals surface area contributed by atoms with Gasteiger partial charge in [-0.25, -0.2) is 0 Å². The lowest BCUT2D eigenvalue weighted by atomic mass is 10.1. The average molecular weight is 299 g/mol. The fourth-order valence-corrected chi connectivity index (χ4v) is 2.56. The fourth-order valence-electron chi connectivity index (χ4n) is 2.56. The van der Waals surface area contributed by atoms with Gasteiger partial charge in [0.1, 0.15) is 19.0 Å². The Kier molecular flexibility index (Phi) is 4.49. The summed E-state index contributed by atoms with van der Waals surface area (Å²) in [5.41, 5.74) is 2.40. The first-order valence-electron chi connectivity index (χ1n) is 7.63. The third kappa shape index (κ3) is 3.52. The van der Waals surface area contributed by atoms with Crippen molar-refractivity contribution in [3.63, 3.8) is 0 Å². The minimum absolute atomic E-state index is 0.248. The highest BCUT2D eigenvalue weighted by molar-refractivity contribution is 5.43. The van der Waals surface area contributed by atoms with E-state index in [-0.39, 0.29) is 6.04 Å². The molecule has 0 saturated heterocycles. The minimum Gasteiger partial charge on any atom is -0.508 e. The lowest BCUT2D eigenvalue weighted by Gasteiger charge is -2.19. The lowest BCUT2D eigenvalue weighted by Crippen LogP contribution is -2.21. The van der Waals surface area contributed by atoms with Crippen molar-refractivity contribution >= 4 is 0 Å². The van der Waals surface area contributed by atoms with Gasteiger partial charge in [-0.15, -0.1) is 0 Å². The number of phenolic OH excluding ortho intramolecular Hbond substituents is 1. The molecular formula is C18H21NO3. The van der Waals surface area contributed by atoms with Crippen molar-refractivity contribution in [1.29, 1.82) is 0 Å². The zero-order valence-corrected chi connectivity index (χ0v) is 12.7. The molecule has 0 aromatic heterocycles. The Morgan fingerprint density at radius 2 is 1.77 bits per heavy atom. The van der Waals surface area contributed by atoms with E-state index in [2.05, 4.69) is 24.4 Å². The molecule has 1 atom stereocenters. The summed E-state index contributed by atoms with van der Waals surface area (Å²) in [7, 11) is 0. The Hall–Kier alpha value is -2.20. The van der Waals surface area contributed by atoms with Crippen LogP contribution in [-0.2, 0) is 6.42 Å². The molecule has 2 aromatic carbocycles. The second kappa shape index (κ2) is 6.71. The fraction of sp³-hybridized carbons (Fsp3) is 0.333. The van der Waals surface area contributed by atoms with Gasteiger partial charge >= 0.3 is 0 Å². The smallest absolute Gasteiger partial charge is 0.161 e. The summed E-state index contributed by atoms with van der Waals surface area (Å²) in [6.45, 7) is 4.24. The van der Waals surface area contributed by atoms with Gasteiger partial charge in [0, 0.05) is 6.04 Å². The van der Waals surface area contributed by atoms with E-state index in [1.165, 1.54) is 11.1 Å². The van der Waals surface area contributed by atoms with Crippen LogP contribution in [0, 0.1) is 0 Å². The molecule has 0 bridgehead atoms. The van der Waals surface area contributed by atoms with Crippen LogP contribution in [0.5, 0.6) is 17.2 Å². The van der Waals surface area contributed by atoms with E-state index in [0.717, 1.165) is 24.5 Å². The quantitative estimate of drug-likeness (QED) is 0.891. The van der Waals surface area contributed by atoms with E-state index in [1.807, 2.05) is 18.2 Å². The lowest BCUT2D eigenvalue weighted by molar-refractivity contribution is 0.171. The number of hydrogen-bond donors (Lipinski definition) is 2. The zero-order valence-electron chi connectivity index (χ0n) is 12.7. The van der Waals surface area contributed by atoms with Crippen molar-refractivity contribution in [3.05, 3.63) is 53.6 Å². The van der Waals surface area contributed by atoms with Crippen LogP contribution in [0.15, 0.2) is 42.5 Å². The third-order valence-electron chi connectivity index (χ3n) is 3.86. The van der Waals surface area contributed by atoms with Gasteiger partial charge < -0.3 is 19.9 Å². The second-order valence-corrected chi connectivity index (χ2v) is 5.50. The normalized spacial score (nSPS) is 14.6. The van der Waals surface area contributed by atoms with Crippen LogP contribution in [0.1, 0.15) is 24.1 Å². The highest BCUT2D eigenvalue weighted by Gasteiger charge is 2.11. The molecule has 0 saturated carbocycles. The molecule has 116 valence electrons. The number of nitrogens with one attached hydrogen (secondary N) is 1. The Balaban J connectivity index is 1.53. The summed E-state index contributed by atoms with van der Waals surface area (Å²) in [5, 5.41) is 12.8. The summed E-state index contributed by atoms with van der Waals surface area (Å²) in [6, 6.07) is 13.7.